The van der Waals surface area contributed by atoms with Crippen LogP contribution >= 0.6 is 0 Å². The summed E-state index contributed by atoms with van der Waals surface area (Å²) < 4.78 is 15.6. The predicted molar refractivity (Wildman–Crippen MR) is 77.3 cm³/mol. The quantitative estimate of drug-likeness (QED) is 0.665. The van der Waals surface area contributed by atoms with E-state index in [1.165, 1.54) is 0 Å². The van der Waals surface area contributed by atoms with E-state index < -0.39 is 0 Å². The van der Waals surface area contributed by atoms with Crippen LogP contribution in [0.3, 0.4) is 0 Å². The van der Waals surface area contributed by atoms with E-state index in [1.54, 1.807) is 31.4 Å². The summed E-state index contributed by atoms with van der Waals surface area (Å²) in [6.45, 7) is 4.96. The molecule has 5 nitrogen and oxygen atoms in total. The Morgan fingerprint density at radius 2 is 1.90 bits per heavy atom. The first kappa shape index (κ1) is 16.5. The standard InChI is InChI=1S/C15H23NO4/c1-3-19-11-12-20-14-7-5-13(6-8-14)15(17)16-9-4-10-18-2/h5-8H,3-4,9-12H2,1-2H3,(H,16,17). The maximum atomic E-state index is 11.8. The average Bonchev–Trinajstić information content (AvgIpc) is 2.48. The van der Waals surface area contributed by atoms with E-state index in [0.29, 0.717) is 38.5 Å². The van der Waals surface area contributed by atoms with E-state index in [-0.39, 0.29) is 5.91 Å². The Balaban J connectivity index is 2.31. The molecule has 0 spiro atoms. The molecule has 0 heterocycles. The van der Waals surface area contributed by atoms with Gasteiger partial charge in [-0.1, -0.05) is 0 Å². The van der Waals surface area contributed by atoms with Crippen LogP contribution in [-0.2, 0) is 9.47 Å². The zero-order chi connectivity index (χ0) is 14.6. The van der Waals surface area contributed by atoms with Gasteiger partial charge in [0, 0.05) is 32.4 Å². The SMILES string of the molecule is CCOCCOc1ccc(C(=O)NCCCOC)cc1. The summed E-state index contributed by atoms with van der Waals surface area (Å²) in [5, 5.41) is 2.83. The van der Waals surface area contributed by atoms with Crippen molar-refractivity contribution in [2.45, 2.75) is 13.3 Å². The molecule has 20 heavy (non-hydrogen) atoms. The van der Waals surface area contributed by atoms with Gasteiger partial charge in [0.15, 0.2) is 0 Å². The van der Waals surface area contributed by atoms with Crippen LogP contribution in [0.15, 0.2) is 24.3 Å². The van der Waals surface area contributed by atoms with Gasteiger partial charge in [-0.25, -0.2) is 0 Å². The molecule has 0 radical (unpaired) electrons. The number of nitrogens with one attached hydrogen (secondary N) is 1. The van der Waals surface area contributed by atoms with Gasteiger partial charge in [0.05, 0.1) is 6.61 Å². The molecular weight excluding hydrogens is 258 g/mol. The fourth-order valence-electron chi connectivity index (χ4n) is 1.59. The lowest BCUT2D eigenvalue weighted by molar-refractivity contribution is 0.0948. The predicted octanol–water partition coefficient (Wildman–Crippen LogP) is 1.87. The Morgan fingerprint density at radius 1 is 1.15 bits per heavy atom. The minimum absolute atomic E-state index is 0.0815. The van der Waals surface area contributed by atoms with Crippen molar-refractivity contribution in [2.75, 3.05) is 40.1 Å². The smallest absolute Gasteiger partial charge is 0.251 e. The van der Waals surface area contributed by atoms with Gasteiger partial charge in [-0.15, -0.1) is 0 Å². The Kier molecular flexibility index (Phi) is 8.42. The normalized spacial score (nSPS) is 10.3. The molecule has 0 aliphatic heterocycles. The Hall–Kier alpha value is -1.59. The van der Waals surface area contributed by atoms with Crippen molar-refractivity contribution in [2.24, 2.45) is 0 Å². The Labute approximate surface area is 120 Å². The van der Waals surface area contributed by atoms with Gasteiger partial charge >= 0.3 is 0 Å². The lowest BCUT2D eigenvalue weighted by atomic mass is 10.2. The van der Waals surface area contributed by atoms with Crippen molar-refractivity contribution in [3.63, 3.8) is 0 Å². The molecule has 1 amide bonds. The highest BCUT2D eigenvalue weighted by atomic mass is 16.5. The first-order valence-electron chi connectivity index (χ1n) is 6.85. The number of hydrogen-bond acceptors (Lipinski definition) is 4. The molecule has 0 aliphatic carbocycles. The third-order valence-electron chi connectivity index (χ3n) is 2.63. The average molecular weight is 281 g/mol. The molecule has 5 heteroatoms. The number of carbonyl (C=O) groups is 1. The van der Waals surface area contributed by atoms with Gasteiger partial charge in [0.25, 0.3) is 5.91 Å². The van der Waals surface area contributed by atoms with Crippen LogP contribution in [0.25, 0.3) is 0 Å². The van der Waals surface area contributed by atoms with Gasteiger partial charge in [0.1, 0.15) is 12.4 Å². The van der Waals surface area contributed by atoms with E-state index in [4.69, 9.17) is 14.2 Å². The van der Waals surface area contributed by atoms with Crippen molar-refractivity contribution in [3.05, 3.63) is 29.8 Å². The molecule has 0 atom stereocenters. The number of carbonyl (C=O) groups excluding carboxylic acids is 1. The second-order valence-corrected chi connectivity index (χ2v) is 4.17. The molecule has 0 bridgehead atoms. The minimum Gasteiger partial charge on any atom is -0.491 e. The lowest BCUT2D eigenvalue weighted by Gasteiger charge is -2.08. The number of ether oxygens (including phenoxy) is 3. The number of amides is 1. The van der Waals surface area contributed by atoms with Crippen LogP contribution < -0.4 is 10.1 Å². The minimum atomic E-state index is -0.0815. The molecule has 0 aromatic heterocycles. The van der Waals surface area contributed by atoms with Crippen molar-refractivity contribution < 1.29 is 19.0 Å². The van der Waals surface area contributed by atoms with E-state index in [9.17, 15) is 4.79 Å². The van der Waals surface area contributed by atoms with E-state index >= 15 is 0 Å². The van der Waals surface area contributed by atoms with Crippen LogP contribution in [0, 0.1) is 0 Å². The van der Waals surface area contributed by atoms with Crippen LogP contribution in [0.2, 0.25) is 0 Å². The maximum Gasteiger partial charge on any atom is 0.251 e. The summed E-state index contributed by atoms with van der Waals surface area (Å²) in [6, 6.07) is 7.08. The topological polar surface area (TPSA) is 56.8 Å². The first-order valence-corrected chi connectivity index (χ1v) is 6.85. The number of hydrogen-bond donors (Lipinski definition) is 1. The van der Waals surface area contributed by atoms with E-state index in [0.717, 1.165) is 12.2 Å². The highest BCUT2D eigenvalue weighted by Crippen LogP contribution is 2.12. The zero-order valence-electron chi connectivity index (χ0n) is 12.2. The first-order chi connectivity index (χ1) is 9.77. The summed E-state index contributed by atoms with van der Waals surface area (Å²) in [4.78, 5) is 11.8. The molecule has 0 aliphatic rings. The molecule has 1 rings (SSSR count). The number of rotatable bonds is 10. The molecule has 0 saturated heterocycles. The zero-order valence-corrected chi connectivity index (χ0v) is 12.2. The van der Waals surface area contributed by atoms with Crippen molar-refractivity contribution >= 4 is 5.91 Å². The summed E-state index contributed by atoms with van der Waals surface area (Å²) in [6.07, 6.45) is 0.806. The second-order valence-electron chi connectivity index (χ2n) is 4.17. The maximum absolute atomic E-state index is 11.8. The summed E-state index contributed by atoms with van der Waals surface area (Å²) in [5.74, 6) is 0.655. The fourth-order valence-corrected chi connectivity index (χ4v) is 1.59. The second kappa shape index (κ2) is 10.2. The van der Waals surface area contributed by atoms with Crippen molar-refractivity contribution in [1.82, 2.24) is 5.32 Å². The van der Waals surface area contributed by atoms with Gasteiger partial charge in [-0.2, -0.15) is 0 Å². The lowest BCUT2D eigenvalue weighted by Crippen LogP contribution is -2.25. The summed E-state index contributed by atoms with van der Waals surface area (Å²) in [7, 11) is 1.64. The summed E-state index contributed by atoms with van der Waals surface area (Å²) in [5.41, 5.74) is 0.625. The number of benzene rings is 1. The molecule has 0 fully saturated rings. The van der Waals surface area contributed by atoms with Crippen LogP contribution in [0.4, 0.5) is 0 Å². The fraction of sp³-hybridized carbons (Fsp3) is 0.533. The van der Waals surface area contributed by atoms with Crippen LogP contribution in [0.1, 0.15) is 23.7 Å². The number of methoxy groups -OCH3 is 1. The van der Waals surface area contributed by atoms with Gasteiger partial charge in [-0.05, 0) is 37.6 Å². The van der Waals surface area contributed by atoms with E-state index in [2.05, 4.69) is 5.32 Å². The molecule has 0 saturated carbocycles. The van der Waals surface area contributed by atoms with Crippen LogP contribution in [-0.4, -0.2) is 46.0 Å². The van der Waals surface area contributed by atoms with Crippen molar-refractivity contribution in [3.8, 4) is 5.75 Å². The molecule has 1 aromatic rings. The van der Waals surface area contributed by atoms with Crippen molar-refractivity contribution in [1.29, 1.82) is 0 Å². The molecular formula is C15H23NO4. The third-order valence-corrected chi connectivity index (χ3v) is 2.63. The largest absolute Gasteiger partial charge is 0.491 e. The Bertz CT molecular complexity index is 378. The molecule has 112 valence electrons. The van der Waals surface area contributed by atoms with Crippen LogP contribution in [0.5, 0.6) is 5.75 Å². The monoisotopic (exact) mass is 281 g/mol. The highest BCUT2D eigenvalue weighted by Gasteiger charge is 2.04. The molecule has 1 N–H and O–H groups in total. The molecule has 0 unspecified atom stereocenters. The van der Waals surface area contributed by atoms with Gasteiger partial charge < -0.3 is 19.5 Å². The molecule has 1 aromatic carbocycles. The van der Waals surface area contributed by atoms with Gasteiger partial charge in [0.2, 0.25) is 0 Å². The van der Waals surface area contributed by atoms with E-state index in [1.807, 2.05) is 6.92 Å². The van der Waals surface area contributed by atoms with Gasteiger partial charge in [-0.3, -0.25) is 4.79 Å². The third kappa shape index (κ3) is 6.54. The summed E-state index contributed by atoms with van der Waals surface area (Å²) >= 11 is 0. The Morgan fingerprint density at radius 3 is 2.55 bits per heavy atom. The highest BCUT2D eigenvalue weighted by molar-refractivity contribution is 5.94.